The zero-order valence-corrected chi connectivity index (χ0v) is 13.1. The Bertz CT molecular complexity index is 540. The predicted molar refractivity (Wildman–Crippen MR) is 77.5 cm³/mol. The van der Waals surface area contributed by atoms with Crippen LogP contribution < -0.4 is 4.74 Å². The normalized spacial score (nSPS) is 19.1. The summed E-state index contributed by atoms with van der Waals surface area (Å²) in [5.41, 5.74) is 0.823. The summed E-state index contributed by atoms with van der Waals surface area (Å²) in [6.07, 6.45) is -1.39. The smallest absolute Gasteiger partial charge is 0.407 e. The van der Waals surface area contributed by atoms with Crippen LogP contribution in [0, 0.1) is 6.92 Å². The summed E-state index contributed by atoms with van der Waals surface area (Å²) in [6, 6.07) is 3.45. The van der Waals surface area contributed by atoms with E-state index in [9.17, 15) is 9.59 Å². The van der Waals surface area contributed by atoms with E-state index in [2.05, 4.69) is 15.9 Å². The first-order valence-corrected chi connectivity index (χ1v) is 7.15. The molecule has 0 saturated carbocycles. The molecule has 20 heavy (non-hydrogen) atoms. The molecule has 0 spiro atoms. The highest BCUT2D eigenvalue weighted by Crippen LogP contribution is 2.33. The highest BCUT2D eigenvalue weighted by atomic mass is 79.9. The number of Topliss-reactive ketones (excluding diaryl/α,β-unsaturated/α-hetero) is 1. The molecule has 1 aliphatic heterocycles. The molecule has 0 aromatic heterocycles. The van der Waals surface area contributed by atoms with Gasteiger partial charge in [0.05, 0.1) is 17.6 Å². The number of rotatable bonds is 2. The number of carbonyl (C=O) groups excluding carboxylic acids is 1. The van der Waals surface area contributed by atoms with E-state index in [0.717, 1.165) is 10.5 Å². The predicted octanol–water partition coefficient (Wildman–Crippen LogP) is 3.11. The van der Waals surface area contributed by atoms with E-state index in [1.54, 1.807) is 12.1 Å². The van der Waals surface area contributed by atoms with Crippen molar-refractivity contribution in [2.45, 2.75) is 19.4 Å². The van der Waals surface area contributed by atoms with E-state index in [-0.39, 0.29) is 25.3 Å². The Morgan fingerprint density at radius 3 is 2.85 bits per heavy atom. The van der Waals surface area contributed by atoms with Crippen LogP contribution in [-0.4, -0.2) is 41.1 Å². The van der Waals surface area contributed by atoms with Crippen molar-refractivity contribution >= 4 is 39.4 Å². The van der Waals surface area contributed by atoms with Crippen LogP contribution >= 0.6 is 27.5 Å². The van der Waals surface area contributed by atoms with Crippen LogP contribution in [0.2, 0.25) is 5.02 Å². The minimum Gasteiger partial charge on any atom is -0.487 e. The van der Waals surface area contributed by atoms with Crippen molar-refractivity contribution in [3.05, 3.63) is 27.2 Å². The molecule has 1 heterocycles. The van der Waals surface area contributed by atoms with Crippen molar-refractivity contribution in [3.63, 3.8) is 0 Å². The molecule has 1 amide bonds. The Morgan fingerprint density at radius 1 is 1.55 bits per heavy atom. The fraction of sp³-hybridized carbons (Fsp3) is 0.385. The summed E-state index contributed by atoms with van der Waals surface area (Å²) >= 11 is 9.29. The number of hydrogen-bond acceptors (Lipinski definition) is 3. The first-order valence-electron chi connectivity index (χ1n) is 5.98. The molecule has 1 aromatic carbocycles. The van der Waals surface area contributed by atoms with Crippen LogP contribution in [0.4, 0.5) is 4.79 Å². The van der Waals surface area contributed by atoms with Crippen LogP contribution in [0.3, 0.4) is 0 Å². The van der Waals surface area contributed by atoms with Gasteiger partial charge in [0.1, 0.15) is 11.9 Å². The number of amides is 1. The number of benzene rings is 1. The molecular weight excluding hydrogens is 350 g/mol. The average Bonchev–Trinajstić information content (AvgIpc) is 2.33. The van der Waals surface area contributed by atoms with E-state index in [4.69, 9.17) is 21.4 Å². The molecule has 1 N–H and O–H groups in total. The maximum Gasteiger partial charge on any atom is 0.407 e. The zero-order chi connectivity index (χ0) is 14.9. The fourth-order valence-corrected chi connectivity index (χ4v) is 3.19. The molecule has 0 bridgehead atoms. The summed E-state index contributed by atoms with van der Waals surface area (Å²) in [5, 5.41) is 9.55. The average molecular weight is 363 g/mol. The molecule has 2 rings (SSSR count). The minimum absolute atomic E-state index is 0.0734. The lowest BCUT2D eigenvalue weighted by molar-refractivity contribution is -0.124. The number of ketones is 1. The number of halogens is 2. The third-order valence-electron chi connectivity index (χ3n) is 3.00. The lowest BCUT2D eigenvalue weighted by Crippen LogP contribution is -2.48. The maximum atomic E-state index is 11.6. The summed E-state index contributed by atoms with van der Waals surface area (Å²) in [7, 11) is 0. The number of piperidine rings is 1. The maximum absolute atomic E-state index is 11.6. The molecule has 1 atom stereocenters. The van der Waals surface area contributed by atoms with Gasteiger partial charge in [-0.15, -0.1) is 0 Å². The van der Waals surface area contributed by atoms with Gasteiger partial charge in [-0.1, -0.05) is 11.6 Å². The third-order valence-corrected chi connectivity index (χ3v) is 3.80. The van der Waals surface area contributed by atoms with Gasteiger partial charge in [-0.3, -0.25) is 9.69 Å². The number of carboxylic acid groups (broad SMARTS) is 1. The molecule has 108 valence electrons. The molecule has 1 aromatic rings. The van der Waals surface area contributed by atoms with Crippen molar-refractivity contribution in [2.75, 3.05) is 13.1 Å². The van der Waals surface area contributed by atoms with Crippen molar-refractivity contribution in [2.24, 2.45) is 0 Å². The molecular formula is C13H13BrClNO4. The number of ether oxygens (including phenoxy) is 1. The van der Waals surface area contributed by atoms with E-state index in [1.807, 2.05) is 6.92 Å². The number of hydrogen-bond donors (Lipinski definition) is 1. The van der Waals surface area contributed by atoms with Crippen LogP contribution in [-0.2, 0) is 4.79 Å². The topological polar surface area (TPSA) is 66.8 Å². The van der Waals surface area contributed by atoms with Gasteiger partial charge in [-0.25, -0.2) is 4.79 Å². The Kier molecular flexibility index (Phi) is 4.55. The van der Waals surface area contributed by atoms with Crippen LogP contribution in [0.15, 0.2) is 16.6 Å². The quantitative estimate of drug-likeness (QED) is 0.878. The summed E-state index contributed by atoms with van der Waals surface area (Å²) in [4.78, 5) is 23.6. The van der Waals surface area contributed by atoms with Gasteiger partial charge < -0.3 is 9.84 Å². The van der Waals surface area contributed by atoms with Crippen molar-refractivity contribution in [3.8, 4) is 5.75 Å². The SMILES string of the molecule is Cc1cc(Cl)cc(Br)c1O[C@H]1CC(=O)CN(C(=O)O)C1. The van der Waals surface area contributed by atoms with Gasteiger partial charge in [0, 0.05) is 11.4 Å². The molecule has 5 nitrogen and oxygen atoms in total. The Labute approximate surface area is 129 Å². The molecule has 7 heteroatoms. The molecule has 1 aliphatic rings. The zero-order valence-electron chi connectivity index (χ0n) is 10.7. The Hall–Kier alpha value is -1.27. The highest BCUT2D eigenvalue weighted by molar-refractivity contribution is 9.10. The van der Waals surface area contributed by atoms with Gasteiger partial charge >= 0.3 is 6.09 Å². The van der Waals surface area contributed by atoms with Gasteiger partial charge in [0.15, 0.2) is 5.78 Å². The lowest BCUT2D eigenvalue weighted by atomic mass is 10.1. The Morgan fingerprint density at radius 2 is 2.25 bits per heavy atom. The standard InChI is InChI=1S/C13H13BrClNO4/c1-7-2-8(15)3-11(14)12(7)20-10-4-9(17)5-16(6-10)13(18)19/h2-3,10H,4-6H2,1H3,(H,18,19)/t10-/m0/s1. The number of likely N-dealkylation sites (tertiary alicyclic amines) is 1. The number of nitrogens with zero attached hydrogens (tertiary/aromatic N) is 1. The fourth-order valence-electron chi connectivity index (χ4n) is 2.14. The van der Waals surface area contributed by atoms with Gasteiger partial charge in [0.25, 0.3) is 0 Å². The first-order chi connectivity index (χ1) is 9.36. The van der Waals surface area contributed by atoms with E-state index in [0.29, 0.717) is 15.2 Å². The Balaban J connectivity index is 2.17. The molecule has 1 saturated heterocycles. The van der Waals surface area contributed by atoms with Crippen LogP contribution in [0.5, 0.6) is 5.75 Å². The van der Waals surface area contributed by atoms with E-state index < -0.39 is 12.2 Å². The third kappa shape index (κ3) is 3.43. The summed E-state index contributed by atoms with van der Waals surface area (Å²) in [6.45, 7) is 1.94. The van der Waals surface area contributed by atoms with Crippen LogP contribution in [0.1, 0.15) is 12.0 Å². The second-order valence-corrected chi connectivity index (χ2v) is 5.97. The van der Waals surface area contributed by atoms with Crippen molar-refractivity contribution in [1.82, 2.24) is 4.90 Å². The second-order valence-electron chi connectivity index (χ2n) is 4.68. The number of carbonyl (C=O) groups is 2. The molecule has 1 fully saturated rings. The minimum atomic E-state index is -1.11. The molecule has 0 radical (unpaired) electrons. The van der Waals surface area contributed by atoms with Crippen LogP contribution in [0.25, 0.3) is 0 Å². The molecule has 0 unspecified atom stereocenters. The van der Waals surface area contributed by atoms with Gasteiger partial charge in [0.2, 0.25) is 0 Å². The largest absolute Gasteiger partial charge is 0.487 e. The summed E-state index contributed by atoms with van der Waals surface area (Å²) in [5.74, 6) is 0.436. The highest BCUT2D eigenvalue weighted by Gasteiger charge is 2.30. The summed E-state index contributed by atoms with van der Waals surface area (Å²) < 4.78 is 6.47. The second kappa shape index (κ2) is 6.01. The molecule has 0 aliphatic carbocycles. The number of aryl methyl sites for hydroxylation is 1. The lowest BCUT2D eigenvalue weighted by Gasteiger charge is -2.30. The van der Waals surface area contributed by atoms with Gasteiger partial charge in [-0.2, -0.15) is 0 Å². The van der Waals surface area contributed by atoms with E-state index >= 15 is 0 Å². The van der Waals surface area contributed by atoms with Crippen molar-refractivity contribution < 1.29 is 19.4 Å². The first kappa shape index (κ1) is 15.1. The van der Waals surface area contributed by atoms with Gasteiger partial charge in [-0.05, 0) is 40.5 Å². The van der Waals surface area contributed by atoms with E-state index in [1.165, 1.54) is 0 Å². The van der Waals surface area contributed by atoms with Crippen molar-refractivity contribution in [1.29, 1.82) is 0 Å². The monoisotopic (exact) mass is 361 g/mol.